The second kappa shape index (κ2) is 6.46. The molecule has 4 rings (SSSR count). The predicted octanol–water partition coefficient (Wildman–Crippen LogP) is 2.47. The summed E-state index contributed by atoms with van der Waals surface area (Å²) in [5.41, 5.74) is -0.359. The number of aromatic nitrogens is 3. The third-order valence-electron chi connectivity index (χ3n) is 5.37. The lowest BCUT2D eigenvalue weighted by molar-refractivity contribution is -0.142. The maximum atomic E-state index is 12.8. The number of carbonyl (C=O) groups is 1. The van der Waals surface area contributed by atoms with Crippen LogP contribution in [0.1, 0.15) is 43.9 Å². The molecule has 1 saturated carbocycles. The van der Waals surface area contributed by atoms with E-state index in [0.29, 0.717) is 37.1 Å². The molecule has 132 valence electrons. The average Bonchev–Trinajstić information content (AvgIpc) is 3.14. The number of likely N-dealkylation sites (tertiary alicyclic amines) is 1. The molecule has 1 saturated heterocycles. The molecule has 2 atom stereocenters. The largest absolute Gasteiger partial charge is 0.492 e. The van der Waals surface area contributed by atoms with Gasteiger partial charge in [-0.3, -0.25) is 9.78 Å². The number of amides is 1. The normalized spacial score (nSPS) is 24.7. The van der Waals surface area contributed by atoms with E-state index in [-0.39, 0.29) is 11.4 Å². The second-order valence-electron chi connectivity index (χ2n) is 6.76. The Kier molecular flexibility index (Phi) is 4.15. The van der Waals surface area contributed by atoms with Gasteiger partial charge in [-0.05, 0) is 43.7 Å². The van der Waals surface area contributed by atoms with Crippen LogP contribution in [0.2, 0.25) is 0 Å². The summed E-state index contributed by atoms with van der Waals surface area (Å²) in [7, 11) is 0. The van der Waals surface area contributed by atoms with Gasteiger partial charge in [-0.15, -0.1) is 10.2 Å². The Bertz CT molecular complexity index is 748. The van der Waals surface area contributed by atoms with Gasteiger partial charge in [0.15, 0.2) is 0 Å². The molecule has 1 aliphatic heterocycles. The Morgan fingerprint density at radius 3 is 3.04 bits per heavy atom. The van der Waals surface area contributed by atoms with E-state index < -0.39 is 0 Å². The van der Waals surface area contributed by atoms with Crippen LogP contribution in [0.15, 0.2) is 28.9 Å². The number of fused-ring (bicyclic) bond motifs is 1. The van der Waals surface area contributed by atoms with Gasteiger partial charge in [0.05, 0.1) is 12.8 Å². The van der Waals surface area contributed by atoms with Crippen molar-refractivity contribution in [3.63, 3.8) is 0 Å². The first-order valence-electron chi connectivity index (χ1n) is 8.84. The molecule has 3 heterocycles. The van der Waals surface area contributed by atoms with Gasteiger partial charge in [-0.25, -0.2) is 0 Å². The third kappa shape index (κ3) is 2.77. The van der Waals surface area contributed by atoms with Crippen molar-refractivity contribution >= 4 is 5.91 Å². The summed E-state index contributed by atoms with van der Waals surface area (Å²) in [4.78, 5) is 18.8. The Labute approximate surface area is 146 Å². The van der Waals surface area contributed by atoms with Gasteiger partial charge in [0, 0.05) is 26.1 Å². The van der Waals surface area contributed by atoms with Crippen LogP contribution in [0.3, 0.4) is 0 Å². The number of carbonyl (C=O) groups excluding carboxylic acids is 1. The van der Waals surface area contributed by atoms with Crippen molar-refractivity contribution < 1.29 is 13.9 Å². The van der Waals surface area contributed by atoms with Crippen LogP contribution in [0.4, 0.5) is 0 Å². The van der Waals surface area contributed by atoms with Crippen molar-refractivity contribution in [3.8, 4) is 5.75 Å². The SMILES string of the molecule is Cc1nnc([C@]23CC[C@H]2CCN3C(=O)CCCOc2cccnc2)o1. The minimum atomic E-state index is -0.359. The minimum absolute atomic E-state index is 0.146. The van der Waals surface area contributed by atoms with Crippen LogP contribution in [0.25, 0.3) is 0 Å². The predicted molar refractivity (Wildman–Crippen MR) is 88.7 cm³/mol. The van der Waals surface area contributed by atoms with Crippen molar-refractivity contribution in [2.75, 3.05) is 13.2 Å². The van der Waals surface area contributed by atoms with E-state index in [2.05, 4.69) is 15.2 Å². The van der Waals surface area contributed by atoms with Crippen molar-refractivity contribution in [1.29, 1.82) is 0 Å². The number of ether oxygens (including phenoxy) is 1. The Morgan fingerprint density at radius 2 is 2.36 bits per heavy atom. The summed E-state index contributed by atoms with van der Waals surface area (Å²) in [6.07, 6.45) is 7.56. The van der Waals surface area contributed by atoms with Crippen molar-refractivity contribution in [3.05, 3.63) is 36.3 Å². The summed E-state index contributed by atoms with van der Waals surface area (Å²) in [6.45, 7) is 3.06. The van der Waals surface area contributed by atoms with E-state index in [0.717, 1.165) is 31.6 Å². The van der Waals surface area contributed by atoms with Crippen LogP contribution in [-0.2, 0) is 10.3 Å². The van der Waals surface area contributed by atoms with E-state index in [1.54, 1.807) is 19.3 Å². The molecule has 7 nitrogen and oxygen atoms in total. The molecule has 0 unspecified atom stereocenters. The molecule has 0 spiro atoms. The molecule has 0 N–H and O–H groups in total. The summed E-state index contributed by atoms with van der Waals surface area (Å²) in [5.74, 6) is 2.49. The lowest BCUT2D eigenvalue weighted by Crippen LogP contribution is -2.54. The Balaban J connectivity index is 1.36. The fraction of sp³-hybridized carbons (Fsp3) is 0.556. The third-order valence-corrected chi connectivity index (χ3v) is 5.37. The monoisotopic (exact) mass is 342 g/mol. The highest BCUT2D eigenvalue weighted by Crippen LogP contribution is 2.56. The highest BCUT2D eigenvalue weighted by atomic mass is 16.5. The molecule has 0 bridgehead atoms. The fourth-order valence-electron chi connectivity index (χ4n) is 4.04. The zero-order valence-electron chi connectivity index (χ0n) is 14.4. The first-order chi connectivity index (χ1) is 12.2. The van der Waals surface area contributed by atoms with Gasteiger partial charge in [-0.2, -0.15) is 0 Å². The minimum Gasteiger partial charge on any atom is -0.492 e. The fourth-order valence-corrected chi connectivity index (χ4v) is 4.04. The number of rotatable bonds is 6. The first kappa shape index (κ1) is 16.1. The quantitative estimate of drug-likeness (QED) is 0.750. The second-order valence-corrected chi connectivity index (χ2v) is 6.76. The highest BCUT2D eigenvalue weighted by molar-refractivity contribution is 5.77. The van der Waals surface area contributed by atoms with E-state index in [4.69, 9.17) is 9.15 Å². The van der Waals surface area contributed by atoms with Gasteiger partial charge in [0.2, 0.25) is 17.7 Å². The molecule has 0 radical (unpaired) electrons. The standard InChI is InChI=1S/C18H22N4O3/c1-13-20-21-17(25-13)18-8-6-14(18)7-10-22(18)16(23)5-3-11-24-15-4-2-9-19-12-15/h2,4,9,12,14H,3,5-8,10-11H2,1H3/t14-,18-/m0/s1. The number of pyridine rings is 1. The Hall–Kier alpha value is -2.44. The summed E-state index contributed by atoms with van der Waals surface area (Å²) in [6, 6.07) is 3.69. The molecule has 7 heteroatoms. The number of hydrogen-bond acceptors (Lipinski definition) is 6. The first-order valence-corrected chi connectivity index (χ1v) is 8.84. The summed E-state index contributed by atoms with van der Waals surface area (Å²) in [5, 5.41) is 8.19. The van der Waals surface area contributed by atoms with Crippen molar-refractivity contribution in [1.82, 2.24) is 20.1 Å². The number of hydrogen-bond donors (Lipinski definition) is 0. The lowest BCUT2D eigenvalue weighted by atomic mass is 9.67. The molecule has 0 aromatic carbocycles. The van der Waals surface area contributed by atoms with E-state index in [9.17, 15) is 4.79 Å². The van der Waals surface area contributed by atoms with E-state index in [1.807, 2.05) is 17.0 Å². The molecule has 1 aliphatic carbocycles. The highest BCUT2D eigenvalue weighted by Gasteiger charge is 2.60. The van der Waals surface area contributed by atoms with Crippen LogP contribution >= 0.6 is 0 Å². The molecule has 1 amide bonds. The number of aryl methyl sites for hydroxylation is 1. The van der Waals surface area contributed by atoms with Gasteiger partial charge in [0.1, 0.15) is 11.3 Å². The Morgan fingerprint density at radius 1 is 1.44 bits per heavy atom. The smallest absolute Gasteiger partial charge is 0.242 e. The van der Waals surface area contributed by atoms with E-state index >= 15 is 0 Å². The molecule has 2 aliphatic rings. The van der Waals surface area contributed by atoms with Crippen LogP contribution in [0, 0.1) is 12.8 Å². The maximum absolute atomic E-state index is 12.8. The summed E-state index contributed by atoms with van der Waals surface area (Å²) >= 11 is 0. The van der Waals surface area contributed by atoms with Gasteiger partial charge in [-0.1, -0.05) is 0 Å². The lowest BCUT2D eigenvalue weighted by Gasteiger charge is -2.47. The maximum Gasteiger partial charge on any atom is 0.242 e. The molecule has 2 aromatic rings. The summed E-state index contributed by atoms with van der Waals surface area (Å²) < 4.78 is 11.3. The topological polar surface area (TPSA) is 81.4 Å². The van der Waals surface area contributed by atoms with Crippen LogP contribution in [0.5, 0.6) is 5.75 Å². The molecule has 2 aromatic heterocycles. The molecule has 2 fully saturated rings. The van der Waals surface area contributed by atoms with Gasteiger partial charge in [0.25, 0.3) is 0 Å². The zero-order valence-corrected chi connectivity index (χ0v) is 14.4. The van der Waals surface area contributed by atoms with Gasteiger partial charge < -0.3 is 14.1 Å². The van der Waals surface area contributed by atoms with Crippen molar-refractivity contribution in [2.45, 2.75) is 44.6 Å². The molecule has 25 heavy (non-hydrogen) atoms. The van der Waals surface area contributed by atoms with Crippen LogP contribution < -0.4 is 4.74 Å². The van der Waals surface area contributed by atoms with E-state index in [1.165, 1.54) is 0 Å². The van der Waals surface area contributed by atoms with Crippen molar-refractivity contribution in [2.24, 2.45) is 5.92 Å². The van der Waals surface area contributed by atoms with Crippen LogP contribution in [-0.4, -0.2) is 39.1 Å². The van der Waals surface area contributed by atoms with Gasteiger partial charge >= 0.3 is 0 Å². The zero-order chi connectivity index (χ0) is 17.3. The molecular weight excluding hydrogens is 320 g/mol. The average molecular weight is 342 g/mol. The number of nitrogens with zero attached hydrogens (tertiary/aromatic N) is 4. The molecular formula is C18H22N4O3.